The van der Waals surface area contributed by atoms with E-state index in [9.17, 15) is 4.79 Å². The molecule has 0 aliphatic rings. The maximum Gasteiger partial charge on any atom is 0.244 e. The zero-order valence-corrected chi connectivity index (χ0v) is 13.3. The molecule has 0 aliphatic heterocycles. The fourth-order valence-electron chi connectivity index (χ4n) is 2.47. The molecule has 0 unspecified atom stereocenters. The molecule has 1 amide bonds. The topological polar surface area (TPSA) is 44.9 Å². The minimum absolute atomic E-state index is 0.0910. The van der Waals surface area contributed by atoms with Gasteiger partial charge in [-0.1, -0.05) is 41.9 Å². The van der Waals surface area contributed by atoms with E-state index >= 15 is 0 Å². The average molecular weight is 325 g/mol. The van der Waals surface area contributed by atoms with Gasteiger partial charge >= 0.3 is 0 Å². The summed E-state index contributed by atoms with van der Waals surface area (Å²) in [6.07, 6.45) is 6.08. The summed E-state index contributed by atoms with van der Waals surface area (Å²) in [4.78, 5) is 15.1. The Morgan fingerprint density at radius 2 is 2.00 bits per heavy atom. The Morgan fingerprint density at radius 3 is 2.83 bits per heavy atom. The second-order valence-corrected chi connectivity index (χ2v) is 5.73. The molecule has 1 aromatic heterocycles. The second-order valence-electron chi connectivity index (χ2n) is 5.29. The second kappa shape index (κ2) is 7.16. The Hall–Kier alpha value is -2.52. The van der Waals surface area contributed by atoms with Crippen molar-refractivity contribution >= 4 is 34.5 Å². The van der Waals surface area contributed by atoms with Gasteiger partial charge in [-0.3, -0.25) is 4.79 Å². The zero-order valence-electron chi connectivity index (χ0n) is 12.6. The number of carbonyl (C=O) groups is 1. The van der Waals surface area contributed by atoms with Crippen LogP contribution in [-0.2, 0) is 11.2 Å². The third-order valence-electron chi connectivity index (χ3n) is 3.65. The van der Waals surface area contributed by atoms with Gasteiger partial charge in [-0.05, 0) is 41.8 Å². The number of carbonyl (C=O) groups excluding carboxylic acids is 1. The quantitative estimate of drug-likeness (QED) is 0.679. The summed E-state index contributed by atoms with van der Waals surface area (Å²) in [6.45, 7) is 0.581. The Balaban J connectivity index is 1.55. The lowest BCUT2D eigenvalue weighted by Gasteiger charge is -2.02. The standard InChI is InChI=1S/C19H17ClN2O/c20-16-7-8-18-17(12-16)15(13-22-18)10-11-21-19(23)9-6-14-4-2-1-3-5-14/h1-9,12-13,22H,10-11H2,(H,21,23). The molecule has 2 aromatic carbocycles. The van der Waals surface area contributed by atoms with Gasteiger partial charge in [-0.15, -0.1) is 0 Å². The van der Waals surface area contributed by atoms with E-state index in [4.69, 9.17) is 11.6 Å². The first-order chi connectivity index (χ1) is 11.2. The minimum atomic E-state index is -0.0910. The van der Waals surface area contributed by atoms with Crippen LogP contribution in [0.5, 0.6) is 0 Å². The monoisotopic (exact) mass is 324 g/mol. The molecule has 2 N–H and O–H groups in total. The number of fused-ring (bicyclic) bond motifs is 1. The van der Waals surface area contributed by atoms with Gasteiger partial charge in [-0.25, -0.2) is 0 Å². The van der Waals surface area contributed by atoms with E-state index in [-0.39, 0.29) is 5.91 Å². The molecule has 0 fully saturated rings. The molecule has 0 saturated carbocycles. The summed E-state index contributed by atoms with van der Waals surface area (Å²) in [6, 6.07) is 15.5. The van der Waals surface area contributed by atoms with Crippen LogP contribution in [0, 0.1) is 0 Å². The summed E-state index contributed by atoms with van der Waals surface area (Å²) in [5, 5.41) is 4.72. The van der Waals surface area contributed by atoms with Gasteiger partial charge in [0.2, 0.25) is 5.91 Å². The molecule has 0 bridgehead atoms. The van der Waals surface area contributed by atoms with Crippen molar-refractivity contribution in [3.05, 3.63) is 77.0 Å². The third-order valence-corrected chi connectivity index (χ3v) is 3.88. The number of hydrogen-bond donors (Lipinski definition) is 2. The van der Waals surface area contributed by atoms with E-state index in [1.165, 1.54) is 0 Å². The van der Waals surface area contributed by atoms with Gasteiger partial charge in [-0.2, -0.15) is 0 Å². The number of halogens is 1. The first kappa shape index (κ1) is 15.4. The van der Waals surface area contributed by atoms with Crippen LogP contribution < -0.4 is 5.32 Å². The molecule has 0 saturated heterocycles. The van der Waals surface area contributed by atoms with E-state index in [2.05, 4.69) is 10.3 Å². The largest absolute Gasteiger partial charge is 0.361 e. The maximum atomic E-state index is 11.8. The lowest BCUT2D eigenvalue weighted by molar-refractivity contribution is -0.116. The zero-order chi connectivity index (χ0) is 16.1. The van der Waals surface area contributed by atoms with E-state index in [0.29, 0.717) is 11.6 Å². The predicted molar refractivity (Wildman–Crippen MR) is 95.5 cm³/mol. The van der Waals surface area contributed by atoms with Crippen molar-refractivity contribution in [1.82, 2.24) is 10.3 Å². The van der Waals surface area contributed by atoms with Gasteiger partial charge < -0.3 is 10.3 Å². The Labute approximate surface area is 140 Å². The number of rotatable bonds is 5. The van der Waals surface area contributed by atoms with Crippen molar-refractivity contribution in [2.24, 2.45) is 0 Å². The van der Waals surface area contributed by atoms with Crippen LogP contribution in [0.2, 0.25) is 5.02 Å². The first-order valence-corrected chi connectivity index (χ1v) is 7.86. The molecule has 3 rings (SSSR count). The fraction of sp³-hybridized carbons (Fsp3) is 0.105. The normalized spacial score (nSPS) is 11.2. The van der Waals surface area contributed by atoms with Crippen molar-refractivity contribution in [2.75, 3.05) is 6.54 Å². The smallest absolute Gasteiger partial charge is 0.244 e. The van der Waals surface area contributed by atoms with Crippen LogP contribution in [-0.4, -0.2) is 17.4 Å². The molecular weight excluding hydrogens is 308 g/mol. The van der Waals surface area contributed by atoms with Crippen molar-refractivity contribution < 1.29 is 4.79 Å². The van der Waals surface area contributed by atoms with Gasteiger partial charge in [0, 0.05) is 34.7 Å². The fourth-order valence-corrected chi connectivity index (χ4v) is 2.64. The van der Waals surface area contributed by atoms with E-state index < -0.39 is 0 Å². The molecule has 3 aromatic rings. The first-order valence-electron chi connectivity index (χ1n) is 7.49. The summed E-state index contributed by atoms with van der Waals surface area (Å²) in [7, 11) is 0. The summed E-state index contributed by atoms with van der Waals surface area (Å²) in [5.41, 5.74) is 3.21. The van der Waals surface area contributed by atoms with Crippen LogP contribution in [0.15, 0.2) is 60.8 Å². The maximum absolute atomic E-state index is 11.8. The number of hydrogen-bond acceptors (Lipinski definition) is 1. The molecule has 116 valence electrons. The Morgan fingerprint density at radius 1 is 1.17 bits per heavy atom. The molecule has 0 radical (unpaired) electrons. The summed E-state index contributed by atoms with van der Waals surface area (Å²) in [5.74, 6) is -0.0910. The van der Waals surface area contributed by atoms with Crippen molar-refractivity contribution in [2.45, 2.75) is 6.42 Å². The molecule has 4 heteroatoms. The minimum Gasteiger partial charge on any atom is -0.361 e. The molecule has 3 nitrogen and oxygen atoms in total. The van der Waals surface area contributed by atoms with Gasteiger partial charge in [0.1, 0.15) is 0 Å². The summed E-state index contributed by atoms with van der Waals surface area (Å²) < 4.78 is 0. The van der Waals surface area contributed by atoms with Crippen LogP contribution >= 0.6 is 11.6 Å². The van der Waals surface area contributed by atoms with Crippen molar-refractivity contribution in [3.8, 4) is 0 Å². The number of benzene rings is 2. The lowest BCUT2D eigenvalue weighted by atomic mass is 10.1. The number of nitrogens with one attached hydrogen (secondary N) is 2. The molecular formula is C19H17ClN2O. The molecule has 23 heavy (non-hydrogen) atoms. The highest BCUT2D eigenvalue weighted by molar-refractivity contribution is 6.31. The SMILES string of the molecule is O=C(C=Cc1ccccc1)NCCc1c[nH]c2ccc(Cl)cc12. The molecule has 0 atom stereocenters. The number of amides is 1. The number of H-pyrrole nitrogens is 1. The molecule has 0 spiro atoms. The predicted octanol–water partition coefficient (Wildman–Crippen LogP) is 4.19. The van der Waals surface area contributed by atoms with E-state index in [0.717, 1.165) is 28.5 Å². The highest BCUT2D eigenvalue weighted by Crippen LogP contribution is 2.22. The van der Waals surface area contributed by atoms with Crippen LogP contribution in [0.25, 0.3) is 17.0 Å². The third kappa shape index (κ3) is 4.02. The molecule has 0 aliphatic carbocycles. The highest BCUT2D eigenvalue weighted by atomic mass is 35.5. The van der Waals surface area contributed by atoms with Crippen LogP contribution in [0.1, 0.15) is 11.1 Å². The Kier molecular flexibility index (Phi) is 4.79. The van der Waals surface area contributed by atoms with E-state index in [1.807, 2.05) is 54.7 Å². The summed E-state index contributed by atoms with van der Waals surface area (Å²) >= 11 is 6.04. The van der Waals surface area contributed by atoms with Crippen LogP contribution in [0.4, 0.5) is 0 Å². The Bertz CT molecular complexity index is 837. The number of aromatic nitrogens is 1. The van der Waals surface area contributed by atoms with Crippen molar-refractivity contribution in [1.29, 1.82) is 0 Å². The number of aromatic amines is 1. The van der Waals surface area contributed by atoms with Gasteiger partial charge in [0.15, 0.2) is 0 Å². The average Bonchev–Trinajstić information content (AvgIpc) is 2.96. The lowest BCUT2D eigenvalue weighted by Crippen LogP contribution is -2.23. The van der Waals surface area contributed by atoms with Crippen LogP contribution in [0.3, 0.4) is 0 Å². The van der Waals surface area contributed by atoms with E-state index in [1.54, 1.807) is 12.2 Å². The van der Waals surface area contributed by atoms with Gasteiger partial charge in [0.05, 0.1) is 0 Å². The van der Waals surface area contributed by atoms with Crippen molar-refractivity contribution in [3.63, 3.8) is 0 Å². The highest BCUT2D eigenvalue weighted by Gasteiger charge is 2.04. The van der Waals surface area contributed by atoms with Gasteiger partial charge in [0.25, 0.3) is 0 Å². The molecule has 1 heterocycles.